The molecule has 0 atom stereocenters. The molecule has 3 aromatic rings. The zero-order chi connectivity index (χ0) is 23.4. The van der Waals surface area contributed by atoms with Crippen LogP contribution < -0.4 is 19.7 Å². The Morgan fingerprint density at radius 1 is 1.03 bits per heavy atom. The van der Waals surface area contributed by atoms with Crippen molar-refractivity contribution in [2.75, 3.05) is 43.0 Å². The van der Waals surface area contributed by atoms with E-state index in [1.54, 1.807) is 11.3 Å². The summed E-state index contributed by atoms with van der Waals surface area (Å²) in [6.07, 6.45) is 0. The number of thiocarbonyl (C=S) groups is 1. The van der Waals surface area contributed by atoms with Gasteiger partial charge in [0.1, 0.15) is 5.75 Å². The highest BCUT2D eigenvalue weighted by Gasteiger charge is 2.19. The van der Waals surface area contributed by atoms with Gasteiger partial charge in [-0.2, -0.15) is 11.3 Å². The molecule has 0 aliphatic carbocycles. The summed E-state index contributed by atoms with van der Waals surface area (Å²) in [6, 6.07) is 19.2. The fourth-order valence-electron chi connectivity index (χ4n) is 4.00. The first-order chi connectivity index (χ1) is 15.8. The maximum atomic E-state index is 6.00. The third kappa shape index (κ3) is 6.23. The van der Waals surface area contributed by atoms with Crippen LogP contribution in [0.4, 0.5) is 11.4 Å². The van der Waals surface area contributed by atoms with Crippen molar-refractivity contribution in [1.29, 1.82) is 0 Å². The number of nitrogens with zero attached hydrogens (tertiary/aromatic N) is 3. The van der Waals surface area contributed by atoms with Crippen molar-refractivity contribution >= 4 is 53.4 Å². The molecule has 7 heteroatoms. The van der Waals surface area contributed by atoms with E-state index in [1.165, 1.54) is 16.4 Å². The van der Waals surface area contributed by atoms with Gasteiger partial charge in [0.05, 0.1) is 8.07 Å². The zero-order valence-corrected chi connectivity index (χ0v) is 22.6. The molecule has 0 radical (unpaired) electrons. The second-order valence-electron chi connectivity index (χ2n) is 9.62. The van der Waals surface area contributed by atoms with E-state index in [1.807, 2.05) is 24.1 Å². The average molecular weight is 496 g/mol. The van der Waals surface area contributed by atoms with Crippen molar-refractivity contribution in [2.24, 2.45) is 0 Å². The highest BCUT2D eigenvalue weighted by Crippen LogP contribution is 2.24. The van der Waals surface area contributed by atoms with Gasteiger partial charge in [-0.3, -0.25) is 4.90 Å². The SMILES string of the molecule is CN(C(=S)Oc1ccc([Si](C)(C)C)cc1)c1cccc(N2CCN(Cc3ccsc3)CC2)c1. The molecule has 0 N–H and O–H groups in total. The Bertz CT molecular complexity index is 1060. The van der Waals surface area contributed by atoms with Gasteiger partial charge in [0.2, 0.25) is 0 Å². The van der Waals surface area contributed by atoms with Crippen LogP contribution in [0.1, 0.15) is 5.56 Å². The van der Waals surface area contributed by atoms with Crippen LogP contribution in [0.25, 0.3) is 0 Å². The fourth-order valence-corrected chi connectivity index (χ4v) is 6.03. The summed E-state index contributed by atoms with van der Waals surface area (Å²) in [6.45, 7) is 12.3. The highest BCUT2D eigenvalue weighted by molar-refractivity contribution is 7.80. The van der Waals surface area contributed by atoms with Crippen LogP contribution in [0, 0.1) is 0 Å². The lowest BCUT2D eigenvalue weighted by Crippen LogP contribution is -2.46. The number of ether oxygens (including phenoxy) is 1. The molecule has 1 aliphatic rings. The molecule has 0 bridgehead atoms. The second kappa shape index (κ2) is 10.4. The van der Waals surface area contributed by atoms with Gasteiger partial charge in [0, 0.05) is 51.1 Å². The number of benzene rings is 2. The zero-order valence-electron chi connectivity index (χ0n) is 20.0. The maximum Gasteiger partial charge on any atom is 0.269 e. The molecule has 33 heavy (non-hydrogen) atoms. The Hall–Kier alpha value is -2.19. The van der Waals surface area contributed by atoms with Crippen molar-refractivity contribution in [2.45, 2.75) is 26.2 Å². The number of anilines is 2. The lowest BCUT2D eigenvalue weighted by atomic mass is 10.2. The second-order valence-corrected chi connectivity index (χ2v) is 15.8. The predicted molar refractivity (Wildman–Crippen MR) is 149 cm³/mol. The van der Waals surface area contributed by atoms with E-state index in [0.717, 1.165) is 44.2 Å². The molecule has 1 saturated heterocycles. The fraction of sp³-hybridized carbons (Fsp3) is 0.346. The van der Waals surface area contributed by atoms with Crippen LogP contribution in [0.2, 0.25) is 19.6 Å². The monoisotopic (exact) mass is 495 g/mol. The molecule has 0 unspecified atom stereocenters. The van der Waals surface area contributed by atoms with Crippen LogP contribution in [-0.2, 0) is 6.54 Å². The Labute approximate surface area is 208 Å². The molecular weight excluding hydrogens is 463 g/mol. The maximum absolute atomic E-state index is 6.00. The van der Waals surface area contributed by atoms with Crippen molar-refractivity contribution in [1.82, 2.24) is 4.90 Å². The number of hydrogen-bond acceptors (Lipinski definition) is 5. The van der Waals surface area contributed by atoms with Crippen LogP contribution in [0.15, 0.2) is 65.4 Å². The van der Waals surface area contributed by atoms with Gasteiger partial charge in [-0.05, 0) is 64.9 Å². The van der Waals surface area contributed by atoms with Crippen LogP contribution in [0.5, 0.6) is 5.75 Å². The Morgan fingerprint density at radius 3 is 2.39 bits per heavy atom. The Morgan fingerprint density at radius 2 is 1.76 bits per heavy atom. The summed E-state index contributed by atoms with van der Waals surface area (Å²) in [5.74, 6) is 0.784. The number of rotatable bonds is 6. The number of piperazine rings is 1. The first-order valence-corrected chi connectivity index (χ1v) is 16.3. The minimum Gasteiger partial charge on any atom is -0.432 e. The van der Waals surface area contributed by atoms with Crippen molar-refractivity contribution < 1.29 is 4.74 Å². The summed E-state index contributed by atoms with van der Waals surface area (Å²) in [5, 5.41) is 6.27. The minimum atomic E-state index is -1.32. The van der Waals surface area contributed by atoms with E-state index in [4.69, 9.17) is 17.0 Å². The third-order valence-electron chi connectivity index (χ3n) is 6.14. The normalized spacial score (nSPS) is 14.8. The summed E-state index contributed by atoms with van der Waals surface area (Å²) in [4.78, 5) is 6.93. The molecule has 0 saturated carbocycles. The molecule has 2 heterocycles. The van der Waals surface area contributed by atoms with Crippen molar-refractivity contribution in [3.63, 3.8) is 0 Å². The molecule has 1 aromatic heterocycles. The smallest absolute Gasteiger partial charge is 0.269 e. The van der Waals surface area contributed by atoms with E-state index in [9.17, 15) is 0 Å². The van der Waals surface area contributed by atoms with Crippen LogP contribution in [-0.4, -0.2) is 51.4 Å². The Kier molecular flexibility index (Phi) is 7.54. The van der Waals surface area contributed by atoms with Gasteiger partial charge in [0.25, 0.3) is 5.17 Å². The highest BCUT2D eigenvalue weighted by atomic mass is 32.1. The van der Waals surface area contributed by atoms with Gasteiger partial charge >= 0.3 is 0 Å². The lowest BCUT2D eigenvalue weighted by molar-refractivity contribution is 0.250. The van der Waals surface area contributed by atoms with Gasteiger partial charge < -0.3 is 14.5 Å². The largest absolute Gasteiger partial charge is 0.432 e. The summed E-state index contributed by atoms with van der Waals surface area (Å²) < 4.78 is 6.00. The third-order valence-corrected chi connectivity index (χ3v) is 9.29. The van der Waals surface area contributed by atoms with E-state index < -0.39 is 8.07 Å². The predicted octanol–water partition coefficient (Wildman–Crippen LogP) is 5.42. The molecule has 174 valence electrons. The quantitative estimate of drug-likeness (QED) is 0.335. The van der Waals surface area contributed by atoms with E-state index in [-0.39, 0.29) is 0 Å². The van der Waals surface area contributed by atoms with E-state index in [0.29, 0.717) is 5.17 Å². The Balaban J connectivity index is 1.35. The van der Waals surface area contributed by atoms with Crippen LogP contribution in [0.3, 0.4) is 0 Å². The van der Waals surface area contributed by atoms with E-state index in [2.05, 4.69) is 82.7 Å². The molecule has 0 spiro atoms. The molecule has 4 nitrogen and oxygen atoms in total. The average Bonchev–Trinajstić information content (AvgIpc) is 3.32. The van der Waals surface area contributed by atoms with Crippen LogP contribution >= 0.6 is 23.6 Å². The first-order valence-electron chi connectivity index (χ1n) is 11.4. The molecular formula is C26H33N3OS2Si. The standard InChI is InChI=1S/C26H33N3OS2Si/c1-27(26(31)30-24-8-10-25(11-9-24)33(2,3)4)22-6-5-7-23(18-22)29-15-13-28(14-16-29)19-21-12-17-32-20-21/h5-12,17-18,20H,13-16,19H2,1-4H3. The van der Waals surface area contributed by atoms with Gasteiger partial charge in [0.15, 0.2) is 0 Å². The first kappa shape index (κ1) is 23.9. The molecule has 0 amide bonds. The number of thiophene rings is 1. The summed E-state index contributed by atoms with van der Waals surface area (Å²) >= 11 is 7.38. The molecule has 4 rings (SSSR count). The molecule has 1 aliphatic heterocycles. The summed E-state index contributed by atoms with van der Waals surface area (Å²) in [7, 11) is 0.648. The topological polar surface area (TPSA) is 19.0 Å². The van der Waals surface area contributed by atoms with Gasteiger partial charge in [-0.1, -0.05) is 43.0 Å². The molecule has 2 aromatic carbocycles. The van der Waals surface area contributed by atoms with Gasteiger partial charge in [-0.25, -0.2) is 0 Å². The minimum absolute atomic E-state index is 0.452. The van der Waals surface area contributed by atoms with Gasteiger partial charge in [-0.15, -0.1) is 0 Å². The van der Waals surface area contributed by atoms with E-state index >= 15 is 0 Å². The van der Waals surface area contributed by atoms with Crippen molar-refractivity contribution in [3.05, 3.63) is 70.9 Å². The summed E-state index contributed by atoms with van der Waals surface area (Å²) in [5.41, 5.74) is 3.69. The lowest BCUT2D eigenvalue weighted by Gasteiger charge is -2.36. The molecule has 1 fully saturated rings. The number of hydrogen-bond donors (Lipinski definition) is 0. The van der Waals surface area contributed by atoms with Crippen molar-refractivity contribution in [3.8, 4) is 5.75 Å².